The van der Waals surface area contributed by atoms with E-state index in [1.807, 2.05) is 0 Å². The number of likely N-dealkylation sites (tertiary alicyclic amines) is 1. The number of H-pyrrole nitrogens is 1. The maximum atomic E-state index is 12.3. The Morgan fingerprint density at radius 2 is 2.12 bits per heavy atom. The molecule has 7 heteroatoms. The Bertz CT molecular complexity index is 738. The quantitative estimate of drug-likeness (QED) is 0.770. The second-order valence-corrected chi connectivity index (χ2v) is 7.94. The molecule has 3 heterocycles. The molecule has 2 atom stereocenters. The Hall–Kier alpha value is -2.25. The standard InChI is InChI=1S/C19H27N5O2/c1-19(2,3)17-10-14(22-23-17)11-24-9-6-15(16(25)12-24)21-18(26)13-4-7-20-8-5-13/h4-5,7-8,10,15-16,25H,6,9,11-12H2,1-3H3,(H,21,26)(H,22,23)/t15-,16-/m1/s1. The predicted octanol–water partition coefficient (Wildman–Crippen LogP) is 1.47. The summed E-state index contributed by atoms with van der Waals surface area (Å²) in [7, 11) is 0. The molecule has 2 aromatic rings. The van der Waals surface area contributed by atoms with E-state index in [0.29, 0.717) is 25.1 Å². The molecule has 1 fully saturated rings. The van der Waals surface area contributed by atoms with Crippen molar-refractivity contribution in [1.82, 2.24) is 25.4 Å². The molecule has 0 bridgehead atoms. The van der Waals surface area contributed by atoms with Crippen LogP contribution in [0.5, 0.6) is 0 Å². The Morgan fingerprint density at radius 3 is 2.73 bits per heavy atom. The topological polar surface area (TPSA) is 94.1 Å². The molecule has 1 aliphatic heterocycles. The number of aliphatic hydroxyl groups excluding tert-OH is 1. The number of nitrogens with zero attached hydrogens (tertiary/aromatic N) is 3. The van der Waals surface area contributed by atoms with Gasteiger partial charge in [0.2, 0.25) is 0 Å². The number of aromatic amines is 1. The molecule has 0 radical (unpaired) electrons. The lowest BCUT2D eigenvalue weighted by molar-refractivity contribution is 0.0345. The van der Waals surface area contributed by atoms with Crippen LogP contribution in [0.15, 0.2) is 30.6 Å². The average Bonchev–Trinajstić information content (AvgIpc) is 3.07. The first-order valence-electron chi connectivity index (χ1n) is 8.99. The maximum absolute atomic E-state index is 12.3. The monoisotopic (exact) mass is 357 g/mol. The molecule has 0 unspecified atom stereocenters. The van der Waals surface area contributed by atoms with Crippen LogP contribution >= 0.6 is 0 Å². The average molecular weight is 357 g/mol. The molecule has 1 saturated heterocycles. The van der Waals surface area contributed by atoms with E-state index in [1.54, 1.807) is 24.5 Å². The predicted molar refractivity (Wildman–Crippen MR) is 98.7 cm³/mol. The fourth-order valence-electron chi connectivity index (χ4n) is 3.13. The van der Waals surface area contributed by atoms with Gasteiger partial charge in [0.1, 0.15) is 0 Å². The molecule has 1 aliphatic rings. The smallest absolute Gasteiger partial charge is 0.251 e. The summed E-state index contributed by atoms with van der Waals surface area (Å²) in [6.07, 6.45) is 3.28. The van der Waals surface area contributed by atoms with Crippen molar-refractivity contribution >= 4 is 5.91 Å². The van der Waals surface area contributed by atoms with Gasteiger partial charge in [-0.3, -0.25) is 19.8 Å². The molecular weight excluding hydrogens is 330 g/mol. The highest BCUT2D eigenvalue weighted by Crippen LogP contribution is 2.21. The van der Waals surface area contributed by atoms with E-state index in [0.717, 1.165) is 17.9 Å². The number of aliphatic hydroxyl groups is 1. The van der Waals surface area contributed by atoms with Crippen molar-refractivity contribution in [3.63, 3.8) is 0 Å². The summed E-state index contributed by atoms with van der Waals surface area (Å²) >= 11 is 0. The van der Waals surface area contributed by atoms with Crippen molar-refractivity contribution in [3.05, 3.63) is 47.5 Å². The molecule has 3 rings (SSSR count). The first-order chi connectivity index (χ1) is 12.3. The lowest BCUT2D eigenvalue weighted by Crippen LogP contribution is -2.53. The van der Waals surface area contributed by atoms with Gasteiger partial charge in [0.15, 0.2) is 0 Å². The summed E-state index contributed by atoms with van der Waals surface area (Å²) in [5.41, 5.74) is 2.65. The number of hydrogen-bond donors (Lipinski definition) is 3. The molecule has 1 amide bonds. The normalized spacial score (nSPS) is 21.5. The van der Waals surface area contributed by atoms with Crippen molar-refractivity contribution in [2.75, 3.05) is 13.1 Å². The van der Waals surface area contributed by atoms with Crippen molar-refractivity contribution in [1.29, 1.82) is 0 Å². The fourth-order valence-corrected chi connectivity index (χ4v) is 3.13. The summed E-state index contributed by atoms with van der Waals surface area (Å²) in [5.74, 6) is -0.173. The number of pyridine rings is 1. The third-order valence-corrected chi connectivity index (χ3v) is 4.72. The minimum atomic E-state index is -0.598. The van der Waals surface area contributed by atoms with E-state index in [9.17, 15) is 9.90 Å². The number of carbonyl (C=O) groups is 1. The lowest BCUT2D eigenvalue weighted by Gasteiger charge is -2.36. The molecule has 0 spiro atoms. The number of β-amino-alcohol motifs (C(OH)–C–C–N with tert-alkyl or cyclic N) is 1. The molecule has 3 N–H and O–H groups in total. The first kappa shape index (κ1) is 18.5. The van der Waals surface area contributed by atoms with Gasteiger partial charge in [0, 0.05) is 48.7 Å². The van der Waals surface area contributed by atoms with E-state index in [-0.39, 0.29) is 17.4 Å². The van der Waals surface area contributed by atoms with E-state index in [4.69, 9.17) is 0 Å². The van der Waals surface area contributed by atoms with Crippen LogP contribution in [0.2, 0.25) is 0 Å². The fraction of sp³-hybridized carbons (Fsp3) is 0.526. The highest BCUT2D eigenvalue weighted by molar-refractivity contribution is 5.94. The number of amides is 1. The highest BCUT2D eigenvalue weighted by atomic mass is 16.3. The SMILES string of the molecule is CC(C)(C)c1cc(CN2CC[C@@H](NC(=O)c3ccncc3)[C@H](O)C2)[nH]n1. The summed E-state index contributed by atoms with van der Waals surface area (Å²) < 4.78 is 0. The third kappa shape index (κ3) is 4.47. The van der Waals surface area contributed by atoms with Crippen LogP contribution in [0.3, 0.4) is 0 Å². The minimum absolute atomic E-state index is 0.0124. The number of nitrogens with one attached hydrogen (secondary N) is 2. The van der Waals surface area contributed by atoms with Gasteiger partial charge in [-0.25, -0.2) is 0 Å². The second-order valence-electron chi connectivity index (χ2n) is 7.94. The number of hydrogen-bond acceptors (Lipinski definition) is 5. The molecule has 140 valence electrons. The van der Waals surface area contributed by atoms with Crippen molar-refractivity contribution in [3.8, 4) is 0 Å². The van der Waals surface area contributed by atoms with Gasteiger partial charge in [0.05, 0.1) is 17.8 Å². The van der Waals surface area contributed by atoms with Gasteiger partial charge in [-0.15, -0.1) is 0 Å². The summed E-state index contributed by atoms with van der Waals surface area (Å²) in [4.78, 5) is 18.3. The van der Waals surface area contributed by atoms with Crippen LogP contribution in [0.25, 0.3) is 0 Å². The second kappa shape index (κ2) is 7.55. The molecule has 0 saturated carbocycles. The molecular formula is C19H27N5O2. The van der Waals surface area contributed by atoms with Crippen molar-refractivity contribution in [2.24, 2.45) is 0 Å². The van der Waals surface area contributed by atoms with Gasteiger partial charge in [-0.05, 0) is 24.6 Å². The number of piperidine rings is 1. The van der Waals surface area contributed by atoms with Crippen LogP contribution in [0, 0.1) is 0 Å². The van der Waals surface area contributed by atoms with Crippen LogP contribution in [-0.2, 0) is 12.0 Å². The summed E-state index contributed by atoms with van der Waals surface area (Å²) in [6.45, 7) is 8.44. The number of carbonyl (C=O) groups excluding carboxylic acids is 1. The summed E-state index contributed by atoms with van der Waals surface area (Å²) in [6, 6.07) is 5.19. The zero-order valence-corrected chi connectivity index (χ0v) is 15.6. The maximum Gasteiger partial charge on any atom is 0.251 e. The Kier molecular flexibility index (Phi) is 5.38. The minimum Gasteiger partial charge on any atom is -0.390 e. The lowest BCUT2D eigenvalue weighted by atomic mass is 9.92. The van der Waals surface area contributed by atoms with Crippen molar-refractivity contribution < 1.29 is 9.90 Å². The Labute approximate surface area is 153 Å². The van der Waals surface area contributed by atoms with Crippen LogP contribution in [0.1, 0.15) is 48.9 Å². The van der Waals surface area contributed by atoms with Crippen LogP contribution in [-0.4, -0.2) is 56.3 Å². The molecule has 2 aromatic heterocycles. The summed E-state index contributed by atoms with van der Waals surface area (Å²) in [5, 5.41) is 20.9. The molecule has 26 heavy (non-hydrogen) atoms. The van der Waals surface area contributed by atoms with Gasteiger partial charge in [0.25, 0.3) is 5.91 Å². The first-order valence-corrected chi connectivity index (χ1v) is 8.99. The number of aromatic nitrogens is 3. The molecule has 7 nitrogen and oxygen atoms in total. The van der Waals surface area contributed by atoms with E-state index >= 15 is 0 Å². The molecule has 0 aromatic carbocycles. The largest absolute Gasteiger partial charge is 0.390 e. The van der Waals surface area contributed by atoms with Gasteiger partial charge < -0.3 is 10.4 Å². The van der Waals surface area contributed by atoms with Crippen LogP contribution < -0.4 is 5.32 Å². The number of rotatable bonds is 4. The molecule has 0 aliphatic carbocycles. The van der Waals surface area contributed by atoms with E-state index in [2.05, 4.69) is 52.2 Å². The van der Waals surface area contributed by atoms with E-state index in [1.165, 1.54) is 0 Å². The zero-order chi connectivity index (χ0) is 18.7. The highest BCUT2D eigenvalue weighted by Gasteiger charge is 2.29. The van der Waals surface area contributed by atoms with Gasteiger partial charge in [-0.1, -0.05) is 20.8 Å². The third-order valence-electron chi connectivity index (χ3n) is 4.72. The van der Waals surface area contributed by atoms with E-state index < -0.39 is 6.10 Å². The van der Waals surface area contributed by atoms with Gasteiger partial charge >= 0.3 is 0 Å². The Balaban J connectivity index is 1.53. The Morgan fingerprint density at radius 1 is 1.38 bits per heavy atom. The zero-order valence-electron chi connectivity index (χ0n) is 15.6. The van der Waals surface area contributed by atoms with Crippen molar-refractivity contribution in [2.45, 2.75) is 51.3 Å². The van der Waals surface area contributed by atoms with Crippen LogP contribution in [0.4, 0.5) is 0 Å². The van der Waals surface area contributed by atoms with Gasteiger partial charge in [-0.2, -0.15) is 5.10 Å².